The molecule has 0 aliphatic carbocycles. The number of aliphatic carboxylic acids is 1. The Kier molecular flexibility index (Phi) is 2.45. The van der Waals surface area contributed by atoms with Gasteiger partial charge in [-0.1, -0.05) is 0 Å². The molecule has 2 aliphatic heterocycles. The van der Waals surface area contributed by atoms with Crippen molar-refractivity contribution in [3.63, 3.8) is 0 Å². The van der Waals surface area contributed by atoms with E-state index in [-0.39, 0.29) is 22.9 Å². The van der Waals surface area contributed by atoms with Crippen LogP contribution in [0.5, 0.6) is 0 Å². The topological polar surface area (TPSA) is 57.6 Å². The average Bonchev–Trinajstić information content (AvgIpc) is 2.15. The van der Waals surface area contributed by atoms with Gasteiger partial charge in [0.25, 0.3) is 0 Å². The molecule has 6 heteroatoms. The minimum atomic E-state index is -1.06. The second-order valence-corrected chi connectivity index (χ2v) is 4.56. The van der Waals surface area contributed by atoms with Crippen molar-refractivity contribution in [3.8, 4) is 0 Å². The van der Waals surface area contributed by atoms with Gasteiger partial charge in [0.2, 0.25) is 5.91 Å². The molecule has 1 fully saturated rings. The first-order valence-corrected chi connectivity index (χ1v) is 5.68. The fourth-order valence-corrected chi connectivity index (χ4v) is 3.18. The van der Waals surface area contributed by atoms with Crippen LogP contribution in [0.2, 0.25) is 0 Å². The lowest BCUT2D eigenvalue weighted by Crippen LogP contribution is -2.54. The van der Waals surface area contributed by atoms with Crippen molar-refractivity contribution in [2.45, 2.75) is 11.8 Å². The van der Waals surface area contributed by atoms with Gasteiger partial charge in [0.1, 0.15) is 5.70 Å². The molecular formula is C8H8ClNO3S. The van der Waals surface area contributed by atoms with Gasteiger partial charge >= 0.3 is 5.97 Å². The maximum Gasteiger partial charge on any atom is 0.352 e. The second-order valence-electron chi connectivity index (χ2n) is 3.12. The van der Waals surface area contributed by atoms with Crippen molar-refractivity contribution >= 4 is 35.2 Å². The van der Waals surface area contributed by atoms with E-state index in [0.29, 0.717) is 17.7 Å². The zero-order valence-electron chi connectivity index (χ0n) is 7.20. The van der Waals surface area contributed by atoms with E-state index >= 15 is 0 Å². The fourth-order valence-electron chi connectivity index (χ4n) is 1.58. The van der Waals surface area contributed by atoms with Gasteiger partial charge in [0.05, 0.1) is 11.8 Å². The Labute approximate surface area is 89.9 Å². The van der Waals surface area contributed by atoms with Crippen LogP contribution in [0.3, 0.4) is 0 Å². The predicted octanol–water partition coefficient (Wildman–Crippen LogP) is 0.869. The highest BCUT2D eigenvalue weighted by Crippen LogP contribution is 2.39. The highest BCUT2D eigenvalue weighted by atomic mass is 35.5. The summed E-state index contributed by atoms with van der Waals surface area (Å²) in [6.45, 7) is 0. The molecule has 0 radical (unpaired) electrons. The second kappa shape index (κ2) is 3.47. The van der Waals surface area contributed by atoms with Crippen LogP contribution in [-0.2, 0) is 9.59 Å². The van der Waals surface area contributed by atoms with Crippen LogP contribution in [0.25, 0.3) is 0 Å². The number of β-lactam (4-membered cyclic amide) rings is 1. The monoisotopic (exact) mass is 233 g/mol. The number of hydrogen-bond donors (Lipinski definition) is 1. The molecule has 1 amide bonds. The lowest BCUT2D eigenvalue weighted by molar-refractivity contribution is -0.146. The lowest BCUT2D eigenvalue weighted by Gasteiger charge is -2.43. The molecular weight excluding hydrogens is 226 g/mol. The first-order chi connectivity index (χ1) is 6.65. The molecule has 0 bridgehead atoms. The third-order valence-corrected chi connectivity index (χ3v) is 3.90. The molecule has 0 aromatic heterocycles. The molecule has 2 aliphatic rings. The van der Waals surface area contributed by atoms with Gasteiger partial charge in [-0.3, -0.25) is 9.69 Å². The summed E-state index contributed by atoms with van der Waals surface area (Å²) >= 11 is 7.20. The van der Waals surface area contributed by atoms with Crippen LogP contribution in [0.15, 0.2) is 11.3 Å². The van der Waals surface area contributed by atoms with Gasteiger partial charge in [-0.05, 0) is 5.57 Å². The van der Waals surface area contributed by atoms with Crippen molar-refractivity contribution in [2.75, 3.05) is 11.6 Å². The summed E-state index contributed by atoms with van der Waals surface area (Å²) in [5.41, 5.74) is 0.730. The number of carboxylic acids is 1. The Morgan fingerprint density at radius 3 is 2.93 bits per heavy atom. The van der Waals surface area contributed by atoms with Gasteiger partial charge in [0.15, 0.2) is 0 Å². The fraction of sp³-hybridized carbons (Fsp3) is 0.500. The third-order valence-electron chi connectivity index (χ3n) is 2.30. The summed E-state index contributed by atoms with van der Waals surface area (Å²) < 4.78 is 0. The number of rotatable bonds is 2. The van der Waals surface area contributed by atoms with Crippen LogP contribution in [0.4, 0.5) is 0 Å². The predicted molar refractivity (Wildman–Crippen MR) is 53.1 cm³/mol. The summed E-state index contributed by atoms with van der Waals surface area (Å²) in [4.78, 5) is 23.5. The number of fused-ring (bicyclic) bond motifs is 1. The van der Waals surface area contributed by atoms with Gasteiger partial charge in [-0.25, -0.2) is 4.79 Å². The summed E-state index contributed by atoms with van der Waals surface area (Å²) in [6.07, 6.45) is 0.441. The normalized spacial score (nSPS) is 25.9. The molecule has 14 heavy (non-hydrogen) atoms. The van der Waals surface area contributed by atoms with Crippen LogP contribution >= 0.6 is 23.4 Å². The Hall–Kier alpha value is -0.680. The van der Waals surface area contributed by atoms with Crippen LogP contribution in [0.1, 0.15) is 6.42 Å². The van der Waals surface area contributed by atoms with Gasteiger partial charge in [-0.2, -0.15) is 0 Å². The van der Waals surface area contributed by atoms with Gasteiger partial charge in [0, 0.05) is 11.6 Å². The van der Waals surface area contributed by atoms with Crippen molar-refractivity contribution < 1.29 is 14.7 Å². The highest BCUT2D eigenvalue weighted by molar-refractivity contribution is 8.00. The largest absolute Gasteiger partial charge is 0.477 e. The number of carboxylic acid groups (broad SMARTS) is 1. The van der Waals surface area contributed by atoms with E-state index in [0.717, 1.165) is 0 Å². The van der Waals surface area contributed by atoms with Gasteiger partial charge < -0.3 is 5.11 Å². The molecule has 1 saturated heterocycles. The number of alkyl halides is 1. The SMILES string of the molecule is O=C(O)C1=C(CCl)CS[C@H]2CC(=O)N12. The number of halogens is 1. The Morgan fingerprint density at radius 2 is 2.43 bits per heavy atom. The molecule has 0 aromatic carbocycles. The van der Waals surface area contributed by atoms with Crippen LogP contribution in [0, 0.1) is 0 Å². The maximum absolute atomic E-state index is 11.2. The molecule has 0 saturated carbocycles. The van der Waals surface area contributed by atoms with Crippen molar-refractivity contribution in [2.24, 2.45) is 0 Å². The van der Waals surface area contributed by atoms with Crippen molar-refractivity contribution in [1.82, 2.24) is 4.90 Å². The zero-order valence-corrected chi connectivity index (χ0v) is 8.77. The van der Waals surface area contributed by atoms with E-state index in [4.69, 9.17) is 16.7 Å². The highest BCUT2D eigenvalue weighted by Gasteiger charge is 2.44. The standard InChI is InChI=1S/C8H8ClNO3S/c9-2-4-3-14-6-1-5(11)10(6)7(4)8(12)13/h6H,1-3H2,(H,12,13)/t6-/m0/s1. The molecule has 2 rings (SSSR count). The third kappa shape index (κ3) is 1.31. The van der Waals surface area contributed by atoms with E-state index in [2.05, 4.69) is 0 Å². The first-order valence-electron chi connectivity index (χ1n) is 4.10. The molecule has 0 spiro atoms. The van der Waals surface area contributed by atoms with Gasteiger partial charge in [-0.15, -0.1) is 23.4 Å². The number of thioether (sulfide) groups is 1. The van der Waals surface area contributed by atoms with E-state index < -0.39 is 5.97 Å². The van der Waals surface area contributed by atoms with Crippen LogP contribution in [-0.4, -0.2) is 38.9 Å². The molecule has 1 atom stereocenters. The Bertz CT molecular complexity index is 341. The number of carbonyl (C=O) groups is 2. The summed E-state index contributed by atoms with van der Waals surface area (Å²) in [7, 11) is 0. The molecule has 76 valence electrons. The molecule has 0 aromatic rings. The summed E-state index contributed by atoms with van der Waals surface area (Å²) in [5, 5.41) is 8.97. The molecule has 2 heterocycles. The van der Waals surface area contributed by atoms with E-state index in [1.165, 1.54) is 4.90 Å². The first kappa shape index (κ1) is 9.86. The smallest absolute Gasteiger partial charge is 0.352 e. The molecule has 1 N–H and O–H groups in total. The van der Waals surface area contributed by atoms with Crippen molar-refractivity contribution in [3.05, 3.63) is 11.3 Å². The lowest BCUT2D eigenvalue weighted by atomic mass is 10.1. The molecule has 0 unspecified atom stereocenters. The minimum Gasteiger partial charge on any atom is -0.477 e. The quantitative estimate of drug-likeness (QED) is 0.568. The number of nitrogens with zero attached hydrogens (tertiary/aromatic N) is 1. The van der Waals surface area contributed by atoms with E-state index in [9.17, 15) is 9.59 Å². The number of amides is 1. The van der Waals surface area contributed by atoms with E-state index in [1.54, 1.807) is 11.8 Å². The minimum absolute atomic E-state index is 0.0144. The zero-order chi connectivity index (χ0) is 10.3. The van der Waals surface area contributed by atoms with E-state index in [1.807, 2.05) is 0 Å². The maximum atomic E-state index is 11.2. The van der Waals surface area contributed by atoms with Crippen molar-refractivity contribution in [1.29, 1.82) is 0 Å². The molecule has 4 nitrogen and oxygen atoms in total. The number of hydrogen-bond acceptors (Lipinski definition) is 3. The summed E-state index contributed by atoms with van der Waals surface area (Å²) in [5.74, 6) is -0.397. The number of carbonyl (C=O) groups excluding carboxylic acids is 1. The summed E-state index contributed by atoms with van der Waals surface area (Å²) in [6, 6.07) is 0. The van der Waals surface area contributed by atoms with Crippen LogP contribution < -0.4 is 0 Å². The Balaban J connectivity index is 2.37. The average molecular weight is 234 g/mol. The Morgan fingerprint density at radius 1 is 1.71 bits per heavy atom.